The standard InChI is InChI=1S/C31H28N4O6S2/c32-21-26(29(36)33-14-4-5-15-33)31-35(23-6-2-1-3-7-23)30(37)28(42-31)20-24-10-13-27(41-24)22-8-11-25(12-9-22)43(38,39)34-16-18-40-19-17-34/h1-3,6-13,20H,4-5,14-19H2. The molecule has 0 aliphatic carbocycles. The molecular formula is C31H28N4O6S2. The Bertz CT molecular complexity index is 1980. The molecule has 0 saturated carbocycles. The highest BCUT2D eigenvalue weighted by Gasteiger charge is 2.27. The zero-order valence-corrected chi connectivity index (χ0v) is 24.8. The number of benzene rings is 2. The summed E-state index contributed by atoms with van der Waals surface area (Å²) >= 11 is 1.07. The first-order valence-corrected chi connectivity index (χ1v) is 16.1. The van der Waals surface area contributed by atoms with Crippen LogP contribution in [0.2, 0.25) is 0 Å². The van der Waals surface area contributed by atoms with Crippen molar-refractivity contribution in [1.82, 2.24) is 13.8 Å². The molecule has 4 aromatic rings. The summed E-state index contributed by atoms with van der Waals surface area (Å²) in [5.74, 6) is 0.515. The van der Waals surface area contributed by atoms with Crippen LogP contribution in [0.5, 0.6) is 0 Å². The molecular weight excluding hydrogens is 588 g/mol. The number of ether oxygens (including phenoxy) is 1. The molecule has 220 valence electrons. The van der Waals surface area contributed by atoms with Gasteiger partial charge in [0.1, 0.15) is 22.3 Å². The molecule has 2 fully saturated rings. The third-order valence-corrected chi connectivity index (χ3v) is 10.4. The molecule has 2 aliphatic rings. The maximum Gasteiger partial charge on any atom is 0.273 e. The van der Waals surface area contributed by atoms with Gasteiger partial charge in [-0.15, -0.1) is 11.3 Å². The van der Waals surface area contributed by atoms with Gasteiger partial charge in [-0.2, -0.15) is 9.57 Å². The second-order valence-electron chi connectivity index (χ2n) is 10.1. The Morgan fingerprint density at radius 2 is 1.63 bits per heavy atom. The minimum atomic E-state index is -3.62. The van der Waals surface area contributed by atoms with E-state index in [-0.39, 0.29) is 26.6 Å². The molecule has 12 heteroatoms. The first-order chi connectivity index (χ1) is 20.9. The van der Waals surface area contributed by atoms with Gasteiger partial charge >= 0.3 is 0 Å². The van der Waals surface area contributed by atoms with Crippen LogP contribution in [0.1, 0.15) is 18.6 Å². The van der Waals surface area contributed by atoms with Crippen molar-refractivity contribution in [2.45, 2.75) is 17.7 Å². The highest BCUT2D eigenvalue weighted by Crippen LogP contribution is 2.25. The van der Waals surface area contributed by atoms with Crippen molar-refractivity contribution in [3.63, 3.8) is 0 Å². The maximum atomic E-state index is 13.7. The second-order valence-corrected chi connectivity index (χ2v) is 13.1. The van der Waals surface area contributed by atoms with E-state index in [1.54, 1.807) is 71.6 Å². The molecule has 0 unspecified atom stereocenters. The number of rotatable bonds is 6. The highest BCUT2D eigenvalue weighted by molar-refractivity contribution is 7.89. The summed E-state index contributed by atoms with van der Waals surface area (Å²) < 4.78 is 40.6. The fourth-order valence-corrected chi connectivity index (χ4v) is 7.65. The van der Waals surface area contributed by atoms with Gasteiger partial charge in [0.15, 0.2) is 5.57 Å². The molecule has 43 heavy (non-hydrogen) atoms. The third kappa shape index (κ3) is 5.72. The van der Waals surface area contributed by atoms with Crippen molar-refractivity contribution < 1.29 is 22.4 Å². The van der Waals surface area contributed by atoms with Crippen LogP contribution >= 0.6 is 11.3 Å². The van der Waals surface area contributed by atoms with Crippen LogP contribution in [0.3, 0.4) is 0 Å². The SMILES string of the molecule is N#CC(C(=O)N1CCCC1)=c1sc(=Cc2ccc(-c3ccc(S(=O)(=O)N4CCOCC4)cc3)o2)c(=O)n1-c1ccccc1. The molecule has 2 aliphatic heterocycles. The summed E-state index contributed by atoms with van der Waals surface area (Å²) in [7, 11) is -3.62. The number of carbonyl (C=O) groups is 1. The molecule has 6 rings (SSSR count). The van der Waals surface area contributed by atoms with Crippen LogP contribution in [-0.2, 0) is 19.6 Å². The number of hydrogen-bond donors (Lipinski definition) is 0. The first-order valence-electron chi connectivity index (χ1n) is 13.9. The smallest absolute Gasteiger partial charge is 0.273 e. The lowest BCUT2D eigenvalue weighted by Gasteiger charge is -2.26. The first kappa shape index (κ1) is 28.8. The van der Waals surface area contributed by atoms with Gasteiger partial charge in [-0.25, -0.2) is 8.42 Å². The van der Waals surface area contributed by atoms with Crippen LogP contribution in [-0.4, -0.2) is 67.5 Å². The van der Waals surface area contributed by atoms with Crippen molar-refractivity contribution in [3.05, 3.63) is 92.0 Å². The van der Waals surface area contributed by atoms with Crippen molar-refractivity contribution in [3.8, 4) is 23.1 Å². The van der Waals surface area contributed by atoms with Crippen molar-refractivity contribution in [2.24, 2.45) is 0 Å². The van der Waals surface area contributed by atoms with Crippen LogP contribution in [0.25, 0.3) is 28.7 Å². The molecule has 2 aromatic carbocycles. The predicted octanol–water partition coefficient (Wildman–Crippen LogP) is 2.31. The number of carbonyl (C=O) groups excluding carboxylic acids is 1. The molecule has 4 heterocycles. The Labute approximate surface area is 252 Å². The van der Waals surface area contributed by atoms with E-state index in [0.717, 1.165) is 24.2 Å². The zero-order chi connectivity index (χ0) is 30.0. The molecule has 10 nitrogen and oxygen atoms in total. The van der Waals surface area contributed by atoms with Gasteiger partial charge in [0.2, 0.25) is 10.0 Å². The zero-order valence-electron chi connectivity index (χ0n) is 23.1. The Kier molecular flexibility index (Phi) is 8.14. The van der Waals surface area contributed by atoms with Crippen LogP contribution < -0.4 is 14.8 Å². The van der Waals surface area contributed by atoms with Crippen LogP contribution in [0.4, 0.5) is 0 Å². The third-order valence-electron chi connectivity index (χ3n) is 7.42. The fourth-order valence-electron chi connectivity index (χ4n) is 5.17. The molecule has 0 N–H and O–H groups in total. The summed E-state index contributed by atoms with van der Waals surface area (Å²) in [6.07, 6.45) is 3.35. The monoisotopic (exact) mass is 616 g/mol. The minimum Gasteiger partial charge on any atom is -0.457 e. The molecule has 2 saturated heterocycles. The van der Waals surface area contributed by atoms with Gasteiger partial charge < -0.3 is 14.1 Å². The molecule has 1 amide bonds. The summed E-state index contributed by atoms with van der Waals surface area (Å²) in [6, 6.07) is 20.9. The van der Waals surface area contributed by atoms with E-state index in [1.165, 1.54) is 8.87 Å². The molecule has 2 aromatic heterocycles. The fraction of sp³-hybridized carbons (Fsp3) is 0.258. The Balaban J connectivity index is 1.37. The molecule has 0 radical (unpaired) electrons. The van der Waals surface area contributed by atoms with Gasteiger partial charge in [-0.1, -0.05) is 18.2 Å². The largest absolute Gasteiger partial charge is 0.457 e. The number of hydrogen-bond acceptors (Lipinski definition) is 8. The van der Waals surface area contributed by atoms with E-state index < -0.39 is 10.0 Å². The highest BCUT2D eigenvalue weighted by atomic mass is 32.2. The number of furan rings is 1. The Hall–Kier alpha value is -4.28. The second kappa shape index (κ2) is 12.1. The lowest BCUT2D eigenvalue weighted by Crippen LogP contribution is -2.40. The Morgan fingerprint density at radius 3 is 2.30 bits per heavy atom. The average molecular weight is 617 g/mol. The number of likely N-dealkylation sites (tertiary alicyclic amines) is 1. The van der Waals surface area contributed by atoms with Crippen LogP contribution in [0.15, 0.2) is 80.8 Å². The number of nitriles is 1. The van der Waals surface area contributed by atoms with E-state index in [1.807, 2.05) is 6.07 Å². The molecule has 0 bridgehead atoms. The summed E-state index contributed by atoms with van der Waals surface area (Å²) in [4.78, 5) is 28.8. The van der Waals surface area contributed by atoms with Crippen molar-refractivity contribution >= 4 is 38.9 Å². The number of morpholine rings is 1. The van der Waals surface area contributed by atoms with Crippen molar-refractivity contribution in [1.29, 1.82) is 5.26 Å². The van der Waals surface area contributed by atoms with Crippen LogP contribution in [0, 0.1) is 11.3 Å². The summed E-state index contributed by atoms with van der Waals surface area (Å²) in [5, 5.41) is 10.0. The summed E-state index contributed by atoms with van der Waals surface area (Å²) in [5.41, 5.74) is 0.779. The average Bonchev–Trinajstić information content (AvgIpc) is 3.81. The normalized spacial score (nSPS) is 17.2. The minimum absolute atomic E-state index is 0.0697. The number of sulfonamides is 1. The van der Waals surface area contributed by atoms with Gasteiger partial charge in [-0.3, -0.25) is 14.2 Å². The number of thiazole rings is 1. The Morgan fingerprint density at radius 1 is 0.930 bits per heavy atom. The van der Waals surface area contributed by atoms with E-state index in [4.69, 9.17) is 9.15 Å². The quantitative estimate of drug-likeness (QED) is 0.326. The number of nitrogens with zero attached hydrogens (tertiary/aromatic N) is 4. The van der Waals surface area contributed by atoms with E-state index in [2.05, 4.69) is 6.07 Å². The number of aromatic nitrogens is 1. The van der Waals surface area contributed by atoms with Gasteiger partial charge in [0, 0.05) is 37.8 Å². The number of para-hydroxylation sites is 1. The lowest BCUT2D eigenvalue weighted by atomic mass is 10.2. The van der Waals surface area contributed by atoms with E-state index in [9.17, 15) is 23.3 Å². The van der Waals surface area contributed by atoms with Crippen molar-refractivity contribution in [2.75, 3.05) is 39.4 Å². The van der Waals surface area contributed by atoms with Gasteiger partial charge in [0.25, 0.3) is 11.5 Å². The van der Waals surface area contributed by atoms with Gasteiger partial charge in [-0.05, 0) is 61.4 Å². The summed E-state index contributed by atoms with van der Waals surface area (Å²) in [6.45, 7) is 2.54. The predicted molar refractivity (Wildman–Crippen MR) is 161 cm³/mol. The van der Waals surface area contributed by atoms with Gasteiger partial charge in [0.05, 0.1) is 28.3 Å². The van der Waals surface area contributed by atoms with E-state index in [0.29, 0.717) is 66.7 Å². The topological polar surface area (TPSA) is 126 Å². The molecule has 0 spiro atoms. The number of amides is 1. The molecule has 0 atom stereocenters. The maximum absolute atomic E-state index is 13.7. The van der Waals surface area contributed by atoms with E-state index >= 15 is 0 Å². The lowest BCUT2D eigenvalue weighted by molar-refractivity contribution is -0.123.